The first kappa shape index (κ1) is 16.6. The summed E-state index contributed by atoms with van der Waals surface area (Å²) >= 11 is 5.75. The predicted octanol–water partition coefficient (Wildman–Crippen LogP) is 3.40. The summed E-state index contributed by atoms with van der Waals surface area (Å²) in [5, 5.41) is 3.22. The number of hydrogen-bond acceptors (Lipinski definition) is 2. The molecule has 0 radical (unpaired) electrons. The highest BCUT2D eigenvalue weighted by molar-refractivity contribution is 6.30. The molecule has 1 fully saturated rings. The van der Waals surface area contributed by atoms with Crippen molar-refractivity contribution < 1.29 is 8.78 Å². The quantitative estimate of drug-likeness (QED) is 0.861. The average molecular weight is 311 g/mol. The average Bonchev–Trinajstić information content (AvgIpc) is 2.40. The Kier molecular flexibility index (Phi) is 6.47. The lowest BCUT2D eigenvalue weighted by Crippen LogP contribution is -2.45. The van der Waals surface area contributed by atoms with E-state index in [9.17, 15) is 8.78 Å². The largest absolute Gasteiger partial charge is 0.314 e. The maximum Gasteiger partial charge on any atom is 0.149 e. The standard InChI is InChI=1S/C13H17ClF2N2.ClH/c1-2-11(18-7-5-17-6-8-18)12-10(15)4-3-9(14)13(12)16;/h3-4,11,17H,2,5-8H2,1H3;1H/t11-;/m1./s1. The van der Waals surface area contributed by atoms with E-state index in [4.69, 9.17) is 11.6 Å². The number of benzene rings is 1. The molecule has 1 aromatic carbocycles. The van der Waals surface area contributed by atoms with E-state index in [1.807, 2.05) is 6.92 Å². The van der Waals surface area contributed by atoms with Crippen LogP contribution in [0.5, 0.6) is 0 Å². The molecule has 0 spiro atoms. The van der Waals surface area contributed by atoms with Crippen molar-refractivity contribution in [2.45, 2.75) is 19.4 Å². The van der Waals surface area contributed by atoms with Crippen LogP contribution in [0.3, 0.4) is 0 Å². The molecule has 1 atom stereocenters. The van der Waals surface area contributed by atoms with Crippen LogP contribution in [0.2, 0.25) is 5.02 Å². The topological polar surface area (TPSA) is 15.3 Å². The molecule has 2 rings (SSSR count). The van der Waals surface area contributed by atoms with Crippen molar-refractivity contribution >= 4 is 24.0 Å². The molecule has 0 unspecified atom stereocenters. The van der Waals surface area contributed by atoms with Crippen molar-refractivity contribution in [1.29, 1.82) is 0 Å². The fourth-order valence-electron chi connectivity index (χ4n) is 2.49. The Morgan fingerprint density at radius 2 is 1.95 bits per heavy atom. The molecule has 1 aliphatic rings. The number of piperazine rings is 1. The summed E-state index contributed by atoms with van der Waals surface area (Å²) in [7, 11) is 0. The molecule has 0 saturated carbocycles. The van der Waals surface area contributed by atoms with Gasteiger partial charge >= 0.3 is 0 Å². The molecule has 1 aliphatic heterocycles. The SMILES string of the molecule is CC[C@H](c1c(F)ccc(Cl)c1F)N1CCNCC1.Cl. The number of halogens is 4. The summed E-state index contributed by atoms with van der Waals surface area (Å²) < 4.78 is 27.9. The van der Waals surface area contributed by atoms with Gasteiger partial charge in [0.05, 0.1) is 5.02 Å². The van der Waals surface area contributed by atoms with Gasteiger partial charge in [-0.25, -0.2) is 8.78 Å². The van der Waals surface area contributed by atoms with Crippen LogP contribution in [0.1, 0.15) is 24.9 Å². The van der Waals surface area contributed by atoms with Crippen molar-refractivity contribution in [2.75, 3.05) is 26.2 Å². The van der Waals surface area contributed by atoms with Crippen molar-refractivity contribution in [2.24, 2.45) is 0 Å². The van der Waals surface area contributed by atoms with Crippen molar-refractivity contribution in [1.82, 2.24) is 10.2 Å². The summed E-state index contributed by atoms with van der Waals surface area (Å²) in [5.74, 6) is -1.13. The summed E-state index contributed by atoms with van der Waals surface area (Å²) in [6.07, 6.45) is 0.661. The van der Waals surface area contributed by atoms with Gasteiger partial charge in [-0.05, 0) is 18.6 Å². The first-order valence-electron chi connectivity index (χ1n) is 6.23. The van der Waals surface area contributed by atoms with Crippen molar-refractivity contribution in [3.8, 4) is 0 Å². The molecule has 1 heterocycles. The van der Waals surface area contributed by atoms with E-state index in [1.165, 1.54) is 12.1 Å². The first-order chi connectivity index (χ1) is 8.65. The maximum atomic E-state index is 14.0. The fraction of sp³-hybridized carbons (Fsp3) is 0.538. The van der Waals surface area contributed by atoms with E-state index in [0.29, 0.717) is 6.42 Å². The van der Waals surface area contributed by atoms with Crippen LogP contribution in [0, 0.1) is 11.6 Å². The van der Waals surface area contributed by atoms with Gasteiger partial charge in [0.1, 0.15) is 11.6 Å². The second-order valence-electron chi connectivity index (χ2n) is 4.47. The Morgan fingerprint density at radius 3 is 2.53 bits per heavy atom. The van der Waals surface area contributed by atoms with E-state index >= 15 is 0 Å². The van der Waals surface area contributed by atoms with Gasteiger partial charge in [0, 0.05) is 37.8 Å². The van der Waals surface area contributed by atoms with Gasteiger partial charge in [0.15, 0.2) is 0 Å². The molecule has 1 N–H and O–H groups in total. The van der Waals surface area contributed by atoms with Crippen molar-refractivity contribution in [3.63, 3.8) is 0 Å². The molecule has 0 amide bonds. The Bertz CT molecular complexity index is 423. The minimum Gasteiger partial charge on any atom is -0.314 e. The van der Waals surface area contributed by atoms with Crippen LogP contribution in [0.25, 0.3) is 0 Å². The molecule has 19 heavy (non-hydrogen) atoms. The summed E-state index contributed by atoms with van der Waals surface area (Å²) in [6, 6.07) is 2.26. The highest BCUT2D eigenvalue weighted by Crippen LogP contribution is 2.32. The molecule has 0 aliphatic carbocycles. The van der Waals surface area contributed by atoms with Gasteiger partial charge < -0.3 is 5.32 Å². The summed E-state index contributed by atoms with van der Waals surface area (Å²) in [5.41, 5.74) is 0.104. The lowest BCUT2D eigenvalue weighted by atomic mass is 10.0. The van der Waals surface area contributed by atoms with Gasteiger partial charge in [-0.15, -0.1) is 12.4 Å². The summed E-state index contributed by atoms with van der Waals surface area (Å²) in [4.78, 5) is 2.11. The Morgan fingerprint density at radius 1 is 1.32 bits per heavy atom. The molecule has 6 heteroatoms. The molecule has 1 aromatic rings. The molecule has 2 nitrogen and oxygen atoms in total. The zero-order chi connectivity index (χ0) is 13.1. The molecule has 0 aromatic heterocycles. The van der Waals surface area contributed by atoms with Crippen LogP contribution in [0.4, 0.5) is 8.78 Å². The third kappa shape index (κ3) is 3.57. The van der Waals surface area contributed by atoms with Crippen LogP contribution in [0.15, 0.2) is 12.1 Å². The lowest BCUT2D eigenvalue weighted by molar-refractivity contribution is 0.163. The normalized spacial score (nSPS) is 17.9. The van der Waals surface area contributed by atoms with E-state index in [-0.39, 0.29) is 29.0 Å². The zero-order valence-corrected chi connectivity index (χ0v) is 12.3. The second kappa shape index (κ2) is 7.39. The smallest absolute Gasteiger partial charge is 0.149 e. The third-order valence-electron chi connectivity index (χ3n) is 3.39. The minimum atomic E-state index is -0.623. The van der Waals surface area contributed by atoms with Crippen molar-refractivity contribution in [3.05, 3.63) is 34.4 Å². The molecule has 108 valence electrons. The maximum absolute atomic E-state index is 14.0. The van der Waals surface area contributed by atoms with E-state index < -0.39 is 11.6 Å². The van der Waals surface area contributed by atoms with E-state index in [0.717, 1.165) is 26.2 Å². The van der Waals surface area contributed by atoms with E-state index in [1.54, 1.807) is 0 Å². The van der Waals surface area contributed by atoms with Crippen LogP contribution in [-0.4, -0.2) is 31.1 Å². The van der Waals surface area contributed by atoms with Crippen LogP contribution in [-0.2, 0) is 0 Å². The third-order valence-corrected chi connectivity index (χ3v) is 3.68. The minimum absolute atomic E-state index is 0. The highest BCUT2D eigenvalue weighted by atomic mass is 35.5. The Balaban J connectivity index is 0.00000180. The van der Waals surface area contributed by atoms with Crippen LogP contribution < -0.4 is 5.32 Å². The lowest BCUT2D eigenvalue weighted by Gasteiger charge is -2.35. The molecular weight excluding hydrogens is 293 g/mol. The zero-order valence-electron chi connectivity index (χ0n) is 10.8. The van der Waals surface area contributed by atoms with E-state index in [2.05, 4.69) is 10.2 Å². The summed E-state index contributed by atoms with van der Waals surface area (Å²) in [6.45, 7) is 5.22. The predicted molar refractivity (Wildman–Crippen MR) is 76.1 cm³/mol. The molecule has 1 saturated heterocycles. The van der Waals surface area contributed by atoms with Gasteiger partial charge in [-0.3, -0.25) is 4.90 Å². The van der Waals surface area contributed by atoms with Gasteiger partial charge in [0.25, 0.3) is 0 Å². The monoisotopic (exact) mass is 310 g/mol. The first-order valence-corrected chi connectivity index (χ1v) is 6.61. The van der Waals surface area contributed by atoms with Gasteiger partial charge in [0.2, 0.25) is 0 Å². The van der Waals surface area contributed by atoms with Gasteiger partial charge in [-0.2, -0.15) is 0 Å². The molecular formula is C13H18Cl2F2N2. The van der Waals surface area contributed by atoms with Gasteiger partial charge in [-0.1, -0.05) is 18.5 Å². The Hall–Kier alpha value is -0.420. The number of rotatable bonds is 3. The fourth-order valence-corrected chi connectivity index (χ4v) is 2.65. The number of nitrogens with one attached hydrogen (secondary N) is 1. The number of nitrogens with zero attached hydrogens (tertiary/aromatic N) is 1. The highest BCUT2D eigenvalue weighted by Gasteiger charge is 2.27. The number of hydrogen-bond donors (Lipinski definition) is 1. The molecule has 0 bridgehead atoms. The second-order valence-corrected chi connectivity index (χ2v) is 4.87. The Labute approximate surface area is 123 Å². The van der Waals surface area contributed by atoms with Crippen LogP contribution >= 0.6 is 24.0 Å².